The molecule has 20 heavy (non-hydrogen) atoms. The summed E-state index contributed by atoms with van der Waals surface area (Å²) in [5, 5.41) is 4.22. The van der Waals surface area contributed by atoms with Crippen LogP contribution in [0.3, 0.4) is 0 Å². The maximum absolute atomic E-state index is 6.12. The van der Waals surface area contributed by atoms with Gasteiger partial charge >= 0.3 is 0 Å². The van der Waals surface area contributed by atoms with E-state index in [1.165, 1.54) is 0 Å². The predicted molar refractivity (Wildman–Crippen MR) is 85.9 cm³/mol. The maximum Gasteiger partial charge on any atom is 0.219 e. The van der Waals surface area contributed by atoms with Crippen molar-refractivity contribution >= 4 is 39.1 Å². The Morgan fingerprint density at radius 3 is 2.80 bits per heavy atom. The summed E-state index contributed by atoms with van der Waals surface area (Å²) in [6.07, 6.45) is 0. The highest BCUT2D eigenvalue weighted by atomic mass is 79.9. The summed E-state index contributed by atoms with van der Waals surface area (Å²) in [5.74, 6) is 0.966. The van der Waals surface area contributed by atoms with Crippen LogP contribution in [0.4, 0.5) is 0 Å². The van der Waals surface area contributed by atoms with E-state index in [2.05, 4.69) is 26.2 Å². The first-order valence-corrected chi connectivity index (χ1v) is 7.64. The molecule has 0 aliphatic heterocycles. The smallest absolute Gasteiger partial charge is 0.219 e. The fraction of sp³-hybridized carbons (Fsp3) is 0.214. The SMILES string of the molecule is CCNCc1cccc(Oc2cc(Cl)c(Br)cc2Cl)n1. The van der Waals surface area contributed by atoms with Crippen LogP contribution in [0.5, 0.6) is 11.6 Å². The van der Waals surface area contributed by atoms with Gasteiger partial charge in [-0.15, -0.1) is 0 Å². The molecule has 0 saturated carbocycles. The van der Waals surface area contributed by atoms with Crippen molar-refractivity contribution in [3.8, 4) is 11.6 Å². The Balaban J connectivity index is 2.19. The molecule has 3 nitrogen and oxygen atoms in total. The van der Waals surface area contributed by atoms with E-state index in [0.717, 1.165) is 16.7 Å². The van der Waals surface area contributed by atoms with Gasteiger partial charge in [0.05, 0.1) is 15.7 Å². The molecule has 0 unspecified atom stereocenters. The zero-order valence-corrected chi connectivity index (χ0v) is 13.9. The molecular formula is C14H13BrCl2N2O. The number of hydrogen-bond acceptors (Lipinski definition) is 3. The molecule has 106 valence electrons. The van der Waals surface area contributed by atoms with Crippen molar-refractivity contribution in [1.29, 1.82) is 0 Å². The minimum Gasteiger partial charge on any atom is -0.437 e. The van der Waals surface area contributed by atoms with Crippen LogP contribution >= 0.6 is 39.1 Å². The van der Waals surface area contributed by atoms with Gasteiger partial charge in [0.1, 0.15) is 5.75 Å². The van der Waals surface area contributed by atoms with Crippen molar-refractivity contribution in [3.63, 3.8) is 0 Å². The van der Waals surface area contributed by atoms with Crippen molar-refractivity contribution in [2.24, 2.45) is 0 Å². The first kappa shape index (κ1) is 15.6. The molecule has 6 heteroatoms. The molecular weight excluding hydrogens is 363 g/mol. The largest absolute Gasteiger partial charge is 0.437 e. The molecule has 0 atom stereocenters. The average Bonchev–Trinajstić information content (AvgIpc) is 2.43. The van der Waals surface area contributed by atoms with E-state index in [1.54, 1.807) is 18.2 Å². The van der Waals surface area contributed by atoms with Crippen molar-refractivity contribution in [2.75, 3.05) is 6.54 Å². The normalized spacial score (nSPS) is 10.6. The van der Waals surface area contributed by atoms with E-state index in [4.69, 9.17) is 27.9 Å². The van der Waals surface area contributed by atoms with E-state index in [1.807, 2.05) is 19.1 Å². The summed E-state index contributed by atoms with van der Waals surface area (Å²) in [6.45, 7) is 3.63. The monoisotopic (exact) mass is 374 g/mol. The van der Waals surface area contributed by atoms with Gasteiger partial charge < -0.3 is 10.1 Å². The van der Waals surface area contributed by atoms with Crippen molar-refractivity contribution in [2.45, 2.75) is 13.5 Å². The molecule has 0 aliphatic rings. The van der Waals surface area contributed by atoms with Crippen LogP contribution in [0.15, 0.2) is 34.8 Å². The number of pyridine rings is 1. The van der Waals surface area contributed by atoms with Gasteiger partial charge in [0.15, 0.2) is 0 Å². The standard InChI is InChI=1S/C14H13BrCl2N2O/c1-2-18-8-9-4-3-5-14(19-9)20-13-7-11(16)10(15)6-12(13)17/h3-7,18H,2,8H2,1H3. The summed E-state index contributed by atoms with van der Waals surface area (Å²) in [5.41, 5.74) is 0.906. The van der Waals surface area contributed by atoms with E-state index in [9.17, 15) is 0 Å². The minimum absolute atomic E-state index is 0.472. The number of halogens is 3. The van der Waals surface area contributed by atoms with Crippen molar-refractivity contribution in [1.82, 2.24) is 10.3 Å². The second kappa shape index (κ2) is 7.27. The zero-order valence-electron chi connectivity index (χ0n) is 10.8. The molecule has 1 heterocycles. The van der Waals surface area contributed by atoms with Crippen LogP contribution in [0, 0.1) is 0 Å². The second-order valence-corrected chi connectivity index (χ2v) is 5.72. The number of nitrogens with one attached hydrogen (secondary N) is 1. The van der Waals surface area contributed by atoms with E-state index >= 15 is 0 Å². The number of hydrogen-bond donors (Lipinski definition) is 1. The van der Waals surface area contributed by atoms with E-state index in [-0.39, 0.29) is 0 Å². The highest BCUT2D eigenvalue weighted by Gasteiger charge is 2.09. The molecule has 2 rings (SSSR count). The highest BCUT2D eigenvalue weighted by Crippen LogP contribution is 2.36. The van der Waals surface area contributed by atoms with Crippen molar-refractivity contribution in [3.05, 3.63) is 50.5 Å². The molecule has 0 spiro atoms. The van der Waals surface area contributed by atoms with Gasteiger partial charge in [-0.05, 0) is 34.6 Å². The Hall–Kier alpha value is -0.810. The third kappa shape index (κ3) is 4.09. The number of rotatable bonds is 5. The molecule has 0 amide bonds. The quantitative estimate of drug-likeness (QED) is 0.742. The molecule has 0 aliphatic carbocycles. The highest BCUT2D eigenvalue weighted by molar-refractivity contribution is 9.10. The molecule has 1 N–H and O–H groups in total. The van der Waals surface area contributed by atoms with E-state index in [0.29, 0.717) is 28.2 Å². The van der Waals surface area contributed by atoms with Crippen LogP contribution in [0.2, 0.25) is 10.0 Å². The van der Waals surface area contributed by atoms with Crippen molar-refractivity contribution < 1.29 is 4.74 Å². The van der Waals surface area contributed by atoms with Gasteiger partial charge in [-0.1, -0.05) is 36.2 Å². The number of aromatic nitrogens is 1. The molecule has 0 saturated heterocycles. The topological polar surface area (TPSA) is 34.1 Å². The predicted octanol–water partition coefficient (Wildman–Crippen LogP) is 5.05. The van der Waals surface area contributed by atoms with Crippen LogP contribution in [-0.2, 0) is 6.54 Å². The fourth-order valence-electron chi connectivity index (χ4n) is 1.56. The lowest BCUT2D eigenvalue weighted by Crippen LogP contribution is -2.12. The third-order valence-electron chi connectivity index (χ3n) is 2.53. The van der Waals surface area contributed by atoms with Crippen LogP contribution in [0.1, 0.15) is 12.6 Å². The van der Waals surface area contributed by atoms with Gasteiger partial charge in [-0.25, -0.2) is 4.98 Å². The second-order valence-electron chi connectivity index (χ2n) is 4.05. The van der Waals surface area contributed by atoms with Gasteiger partial charge in [0, 0.05) is 23.2 Å². The Morgan fingerprint density at radius 1 is 1.25 bits per heavy atom. The lowest BCUT2D eigenvalue weighted by atomic mass is 10.3. The molecule has 1 aromatic carbocycles. The molecule has 0 radical (unpaired) electrons. The number of ether oxygens (including phenoxy) is 1. The first-order chi connectivity index (χ1) is 9.60. The molecule has 0 bridgehead atoms. The Morgan fingerprint density at radius 2 is 2.05 bits per heavy atom. The first-order valence-electron chi connectivity index (χ1n) is 6.09. The number of benzene rings is 1. The van der Waals surface area contributed by atoms with Gasteiger partial charge in [-0.2, -0.15) is 0 Å². The van der Waals surface area contributed by atoms with Gasteiger partial charge in [0.25, 0.3) is 0 Å². The fourth-order valence-corrected chi connectivity index (χ4v) is 2.39. The number of nitrogens with zero attached hydrogens (tertiary/aromatic N) is 1. The van der Waals surface area contributed by atoms with Gasteiger partial charge in [-0.3, -0.25) is 0 Å². The summed E-state index contributed by atoms with van der Waals surface area (Å²) >= 11 is 15.5. The summed E-state index contributed by atoms with van der Waals surface area (Å²) in [4.78, 5) is 4.40. The summed E-state index contributed by atoms with van der Waals surface area (Å²) in [6, 6.07) is 8.96. The molecule has 1 aromatic heterocycles. The Labute approximate surface area is 136 Å². The Kier molecular flexibility index (Phi) is 5.66. The van der Waals surface area contributed by atoms with E-state index < -0.39 is 0 Å². The zero-order chi connectivity index (χ0) is 14.5. The van der Waals surface area contributed by atoms with Gasteiger partial charge in [0.2, 0.25) is 5.88 Å². The Bertz CT molecular complexity index is 608. The average molecular weight is 376 g/mol. The minimum atomic E-state index is 0.472. The summed E-state index contributed by atoms with van der Waals surface area (Å²) in [7, 11) is 0. The maximum atomic E-state index is 6.12. The molecule has 0 fully saturated rings. The summed E-state index contributed by atoms with van der Waals surface area (Å²) < 4.78 is 6.42. The third-order valence-corrected chi connectivity index (χ3v) is 4.02. The molecule has 2 aromatic rings. The lowest BCUT2D eigenvalue weighted by molar-refractivity contribution is 0.460. The van der Waals surface area contributed by atoms with Crippen LogP contribution < -0.4 is 10.1 Å². The van der Waals surface area contributed by atoms with Crippen LogP contribution in [0.25, 0.3) is 0 Å². The van der Waals surface area contributed by atoms with Crippen LogP contribution in [-0.4, -0.2) is 11.5 Å². The lowest BCUT2D eigenvalue weighted by Gasteiger charge is -2.09.